The van der Waals surface area contributed by atoms with Gasteiger partial charge in [0, 0.05) is 18.7 Å². The molecule has 0 saturated heterocycles. The Hall–Kier alpha value is -2.48. The molecule has 2 rings (SSSR count). The maximum Gasteiger partial charge on any atom is 0.262 e. The highest BCUT2D eigenvalue weighted by Crippen LogP contribution is 2.21. The molecular formula is C15H14F2N2O3S. The number of carbonyl (C=O) groups is 1. The highest BCUT2D eigenvalue weighted by atomic mass is 32.2. The van der Waals surface area contributed by atoms with Crippen molar-refractivity contribution >= 4 is 21.6 Å². The molecule has 0 aliphatic heterocycles. The Labute approximate surface area is 132 Å². The maximum absolute atomic E-state index is 13.6. The molecule has 0 heterocycles. The molecule has 0 unspecified atom stereocenters. The fourth-order valence-corrected chi connectivity index (χ4v) is 3.02. The Balaban J connectivity index is 2.42. The van der Waals surface area contributed by atoms with E-state index in [0.717, 1.165) is 12.1 Å². The second-order valence-electron chi connectivity index (χ2n) is 4.79. The van der Waals surface area contributed by atoms with Crippen LogP contribution in [0.4, 0.5) is 14.5 Å². The molecule has 122 valence electrons. The fourth-order valence-electron chi connectivity index (χ4n) is 1.92. The number of hydrogen-bond donors (Lipinski definition) is 2. The first-order chi connectivity index (χ1) is 10.7. The maximum atomic E-state index is 13.6. The van der Waals surface area contributed by atoms with Gasteiger partial charge in [0.05, 0.1) is 10.6 Å². The molecular weight excluding hydrogens is 326 g/mol. The summed E-state index contributed by atoms with van der Waals surface area (Å²) in [5.41, 5.74) is 0.402. The van der Waals surface area contributed by atoms with Crippen LogP contribution in [0.15, 0.2) is 41.3 Å². The Bertz CT molecular complexity index is 867. The van der Waals surface area contributed by atoms with Crippen molar-refractivity contribution in [3.05, 3.63) is 59.2 Å². The molecule has 0 aliphatic rings. The van der Waals surface area contributed by atoms with E-state index in [4.69, 9.17) is 0 Å². The van der Waals surface area contributed by atoms with Gasteiger partial charge in [-0.05, 0) is 36.8 Å². The monoisotopic (exact) mass is 340 g/mol. The van der Waals surface area contributed by atoms with Crippen LogP contribution in [0, 0.1) is 18.6 Å². The van der Waals surface area contributed by atoms with E-state index in [-0.39, 0.29) is 16.1 Å². The molecule has 5 nitrogen and oxygen atoms in total. The topological polar surface area (TPSA) is 75.3 Å². The minimum atomic E-state index is -4.12. The zero-order valence-corrected chi connectivity index (χ0v) is 13.2. The van der Waals surface area contributed by atoms with Gasteiger partial charge in [-0.2, -0.15) is 0 Å². The Morgan fingerprint density at radius 1 is 1.09 bits per heavy atom. The van der Waals surface area contributed by atoms with E-state index in [2.05, 4.69) is 5.32 Å². The lowest BCUT2D eigenvalue weighted by molar-refractivity contribution is 0.0962. The summed E-state index contributed by atoms with van der Waals surface area (Å²) in [4.78, 5) is 11.5. The summed E-state index contributed by atoms with van der Waals surface area (Å²) in [6.45, 7) is 1.66. The van der Waals surface area contributed by atoms with Crippen molar-refractivity contribution in [2.75, 3.05) is 11.8 Å². The molecule has 0 aromatic heterocycles. The lowest BCUT2D eigenvalue weighted by Crippen LogP contribution is -2.20. The van der Waals surface area contributed by atoms with Crippen LogP contribution in [-0.2, 0) is 10.0 Å². The number of amides is 1. The first-order valence-corrected chi connectivity index (χ1v) is 8.03. The molecule has 0 saturated carbocycles. The van der Waals surface area contributed by atoms with Crippen molar-refractivity contribution in [1.29, 1.82) is 0 Å². The predicted octanol–water partition coefficient (Wildman–Crippen LogP) is 2.43. The number of halogens is 2. The average Bonchev–Trinajstić information content (AvgIpc) is 2.49. The number of carbonyl (C=O) groups excluding carboxylic acids is 1. The summed E-state index contributed by atoms with van der Waals surface area (Å²) < 4.78 is 53.1. The molecule has 0 atom stereocenters. The highest BCUT2D eigenvalue weighted by molar-refractivity contribution is 7.92. The predicted molar refractivity (Wildman–Crippen MR) is 81.7 cm³/mol. The van der Waals surface area contributed by atoms with Gasteiger partial charge >= 0.3 is 0 Å². The summed E-state index contributed by atoms with van der Waals surface area (Å²) in [7, 11) is -2.70. The smallest absolute Gasteiger partial charge is 0.262 e. The summed E-state index contributed by atoms with van der Waals surface area (Å²) in [5.74, 6) is -2.29. The van der Waals surface area contributed by atoms with Crippen molar-refractivity contribution in [2.24, 2.45) is 0 Å². The van der Waals surface area contributed by atoms with E-state index in [1.165, 1.54) is 25.2 Å². The van der Waals surface area contributed by atoms with Crippen molar-refractivity contribution in [2.45, 2.75) is 11.8 Å². The number of nitrogens with one attached hydrogen (secondary N) is 2. The van der Waals surface area contributed by atoms with Gasteiger partial charge in [0.15, 0.2) is 0 Å². The van der Waals surface area contributed by atoms with Crippen molar-refractivity contribution in [3.63, 3.8) is 0 Å². The summed E-state index contributed by atoms with van der Waals surface area (Å²) in [6.07, 6.45) is 0. The SMILES string of the molecule is CNC(=O)c1cc(S(=O)(=O)Nc2ccc(F)cc2F)ccc1C. The third-order valence-electron chi connectivity index (χ3n) is 3.17. The van der Waals surface area contributed by atoms with Gasteiger partial charge in [-0.3, -0.25) is 9.52 Å². The van der Waals surface area contributed by atoms with Crippen molar-refractivity contribution in [3.8, 4) is 0 Å². The molecule has 2 aromatic carbocycles. The highest BCUT2D eigenvalue weighted by Gasteiger charge is 2.19. The van der Waals surface area contributed by atoms with E-state index in [1.54, 1.807) is 6.92 Å². The summed E-state index contributed by atoms with van der Waals surface area (Å²) in [6, 6.07) is 6.45. The van der Waals surface area contributed by atoms with Gasteiger partial charge in [-0.1, -0.05) is 6.07 Å². The van der Waals surface area contributed by atoms with E-state index in [9.17, 15) is 22.0 Å². The van der Waals surface area contributed by atoms with Gasteiger partial charge in [0.25, 0.3) is 15.9 Å². The van der Waals surface area contributed by atoms with Crippen LogP contribution in [0.5, 0.6) is 0 Å². The largest absolute Gasteiger partial charge is 0.355 e. The molecule has 2 N–H and O–H groups in total. The lowest BCUT2D eigenvalue weighted by Gasteiger charge is -2.11. The number of aryl methyl sites for hydroxylation is 1. The van der Waals surface area contributed by atoms with Crippen LogP contribution in [0.3, 0.4) is 0 Å². The Morgan fingerprint density at radius 3 is 2.39 bits per heavy atom. The minimum absolute atomic E-state index is 0.190. The molecule has 2 aromatic rings. The number of hydrogen-bond acceptors (Lipinski definition) is 3. The van der Waals surface area contributed by atoms with E-state index < -0.39 is 27.6 Å². The van der Waals surface area contributed by atoms with Crippen LogP contribution >= 0.6 is 0 Å². The standard InChI is InChI=1S/C15H14F2N2O3S/c1-9-3-5-11(8-12(9)15(20)18-2)23(21,22)19-14-6-4-10(16)7-13(14)17/h3-8,19H,1-2H3,(H,18,20). The minimum Gasteiger partial charge on any atom is -0.355 e. The molecule has 8 heteroatoms. The van der Waals surface area contributed by atoms with Crippen molar-refractivity contribution in [1.82, 2.24) is 5.32 Å². The zero-order chi connectivity index (χ0) is 17.2. The average molecular weight is 340 g/mol. The van der Waals surface area contributed by atoms with Crippen LogP contribution in [0.25, 0.3) is 0 Å². The quantitative estimate of drug-likeness (QED) is 0.898. The Morgan fingerprint density at radius 2 is 1.78 bits per heavy atom. The number of anilines is 1. The van der Waals surface area contributed by atoms with E-state index in [0.29, 0.717) is 11.6 Å². The first-order valence-electron chi connectivity index (χ1n) is 6.55. The van der Waals surface area contributed by atoms with Crippen LogP contribution < -0.4 is 10.0 Å². The van der Waals surface area contributed by atoms with Gasteiger partial charge in [-0.15, -0.1) is 0 Å². The fraction of sp³-hybridized carbons (Fsp3) is 0.133. The van der Waals surface area contributed by atoms with Gasteiger partial charge in [0.1, 0.15) is 11.6 Å². The second-order valence-corrected chi connectivity index (χ2v) is 6.47. The molecule has 0 spiro atoms. The molecule has 1 amide bonds. The Kier molecular flexibility index (Phi) is 4.65. The summed E-state index contributed by atoms with van der Waals surface area (Å²) >= 11 is 0. The molecule has 0 fully saturated rings. The molecule has 0 bridgehead atoms. The third-order valence-corrected chi connectivity index (χ3v) is 4.53. The van der Waals surface area contributed by atoms with Crippen LogP contribution in [0.1, 0.15) is 15.9 Å². The third kappa shape index (κ3) is 3.65. The normalized spacial score (nSPS) is 11.1. The lowest BCUT2D eigenvalue weighted by atomic mass is 10.1. The second kappa shape index (κ2) is 6.33. The van der Waals surface area contributed by atoms with Crippen molar-refractivity contribution < 1.29 is 22.0 Å². The number of rotatable bonds is 4. The van der Waals surface area contributed by atoms with E-state index >= 15 is 0 Å². The van der Waals surface area contributed by atoms with E-state index in [1.807, 2.05) is 4.72 Å². The van der Waals surface area contributed by atoms with Gasteiger partial charge in [0.2, 0.25) is 0 Å². The first kappa shape index (κ1) is 16.9. The van der Waals surface area contributed by atoms with Gasteiger partial charge < -0.3 is 5.32 Å². The number of sulfonamides is 1. The molecule has 0 radical (unpaired) electrons. The molecule has 0 aliphatic carbocycles. The van der Waals surface area contributed by atoms with Crippen LogP contribution in [0.2, 0.25) is 0 Å². The molecule has 23 heavy (non-hydrogen) atoms. The zero-order valence-electron chi connectivity index (χ0n) is 12.4. The summed E-state index contributed by atoms with van der Waals surface area (Å²) in [5, 5.41) is 2.41. The van der Waals surface area contributed by atoms with Crippen LogP contribution in [-0.4, -0.2) is 21.4 Å². The van der Waals surface area contributed by atoms with Gasteiger partial charge in [-0.25, -0.2) is 17.2 Å². The number of benzene rings is 2.